The third-order valence-electron chi connectivity index (χ3n) is 5.45. The Kier molecular flexibility index (Phi) is 4.85. The van der Waals surface area contributed by atoms with Gasteiger partial charge in [-0.3, -0.25) is 9.48 Å². The fourth-order valence-electron chi connectivity index (χ4n) is 3.96. The number of hydrogen-bond donors (Lipinski definition) is 2. The van der Waals surface area contributed by atoms with Crippen LogP contribution in [0.25, 0.3) is 0 Å². The predicted octanol–water partition coefficient (Wildman–Crippen LogP) is 2.40. The number of rotatable bonds is 5. The molecule has 1 heterocycles. The van der Waals surface area contributed by atoms with Gasteiger partial charge in [-0.25, -0.2) is 4.79 Å². The lowest BCUT2D eigenvalue weighted by Gasteiger charge is -2.36. The summed E-state index contributed by atoms with van der Waals surface area (Å²) < 4.78 is 1.80. The van der Waals surface area contributed by atoms with Crippen LogP contribution in [0.1, 0.15) is 47.3 Å². The predicted molar refractivity (Wildman–Crippen MR) is 97.8 cm³/mol. The third kappa shape index (κ3) is 3.11. The molecule has 138 valence electrons. The Bertz CT molecular complexity index is 856. The summed E-state index contributed by atoms with van der Waals surface area (Å²) in [5.74, 6) is -1.24. The van der Waals surface area contributed by atoms with Crippen LogP contribution in [0, 0.1) is 13.8 Å². The van der Waals surface area contributed by atoms with Crippen molar-refractivity contribution < 1.29 is 14.7 Å². The molecule has 1 unspecified atom stereocenters. The van der Waals surface area contributed by atoms with E-state index in [1.54, 1.807) is 4.68 Å². The SMILES string of the molecule is Cc1nn(C)c(C)c1CCC(=O)NC1(C(=O)O)CCCc2ccccc21. The van der Waals surface area contributed by atoms with Crippen molar-refractivity contribution in [2.45, 2.75) is 51.5 Å². The Hall–Kier alpha value is -2.63. The van der Waals surface area contributed by atoms with Gasteiger partial charge in [0.05, 0.1) is 5.69 Å². The molecule has 0 bridgehead atoms. The minimum Gasteiger partial charge on any atom is -0.479 e. The van der Waals surface area contributed by atoms with E-state index in [1.165, 1.54) is 0 Å². The summed E-state index contributed by atoms with van der Waals surface area (Å²) in [6.45, 7) is 3.90. The van der Waals surface area contributed by atoms with Crippen LogP contribution < -0.4 is 5.32 Å². The highest BCUT2D eigenvalue weighted by atomic mass is 16.4. The second-order valence-corrected chi connectivity index (χ2v) is 7.04. The number of carboxylic acids is 1. The van der Waals surface area contributed by atoms with E-state index in [1.807, 2.05) is 45.2 Å². The molecule has 6 nitrogen and oxygen atoms in total. The monoisotopic (exact) mass is 355 g/mol. The number of nitrogens with one attached hydrogen (secondary N) is 1. The van der Waals surface area contributed by atoms with Gasteiger partial charge in [0.1, 0.15) is 0 Å². The van der Waals surface area contributed by atoms with E-state index in [-0.39, 0.29) is 12.3 Å². The molecule has 1 aliphatic rings. The van der Waals surface area contributed by atoms with E-state index in [0.29, 0.717) is 18.4 Å². The van der Waals surface area contributed by atoms with Crippen LogP contribution in [0.15, 0.2) is 24.3 Å². The first-order valence-corrected chi connectivity index (χ1v) is 8.97. The Morgan fingerprint density at radius 3 is 2.69 bits per heavy atom. The number of amides is 1. The van der Waals surface area contributed by atoms with Crippen molar-refractivity contribution in [2.24, 2.45) is 7.05 Å². The molecule has 1 aromatic heterocycles. The summed E-state index contributed by atoms with van der Waals surface area (Å²) in [6.07, 6.45) is 2.79. The summed E-state index contributed by atoms with van der Waals surface area (Å²) >= 11 is 0. The number of fused-ring (bicyclic) bond motifs is 1. The summed E-state index contributed by atoms with van der Waals surface area (Å²) in [6, 6.07) is 7.50. The van der Waals surface area contributed by atoms with Crippen molar-refractivity contribution in [2.75, 3.05) is 0 Å². The highest BCUT2D eigenvalue weighted by molar-refractivity contribution is 5.89. The summed E-state index contributed by atoms with van der Waals surface area (Å²) in [5, 5.41) is 17.1. The molecule has 0 spiro atoms. The van der Waals surface area contributed by atoms with Gasteiger partial charge >= 0.3 is 5.97 Å². The Morgan fingerprint density at radius 1 is 1.31 bits per heavy atom. The largest absolute Gasteiger partial charge is 0.479 e. The van der Waals surface area contributed by atoms with Crippen molar-refractivity contribution in [3.05, 3.63) is 52.3 Å². The molecule has 0 saturated heterocycles. The molecule has 26 heavy (non-hydrogen) atoms. The molecule has 1 amide bonds. The lowest BCUT2D eigenvalue weighted by Crippen LogP contribution is -2.53. The number of aryl methyl sites for hydroxylation is 3. The van der Waals surface area contributed by atoms with Gasteiger partial charge in [0, 0.05) is 19.2 Å². The summed E-state index contributed by atoms with van der Waals surface area (Å²) in [4.78, 5) is 24.8. The molecule has 0 radical (unpaired) electrons. The van der Waals surface area contributed by atoms with E-state index < -0.39 is 11.5 Å². The number of benzene rings is 1. The van der Waals surface area contributed by atoms with Crippen LogP contribution in [-0.4, -0.2) is 26.8 Å². The number of carbonyl (C=O) groups excluding carboxylic acids is 1. The van der Waals surface area contributed by atoms with Gasteiger partial charge in [-0.05, 0) is 56.2 Å². The first-order valence-electron chi connectivity index (χ1n) is 8.97. The summed E-state index contributed by atoms with van der Waals surface area (Å²) in [7, 11) is 1.88. The first-order chi connectivity index (χ1) is 12.3. The minimum atomic E-state index is -1.33. The standard InChI is InChI=1S/C20H25N3O3/c1-13-16(14(2)23(3)22-13)10-11-18(24)21-20(19(25)26)12-6-8-15-7-4-5-9-17(15)20/h4-5,7,9H,6,8,10-12H2,1-3H3,(H,21,24)(H,25,26). The van der Waals surface area contributed by atoms with E-state index in [4.69, 9.17) is 0 Å². The van der Waals surface area contributed by atoms with Crippen molar-refractivity contribution >= 4 is 11.9 Å². The van der Waals surface area contributed by atoms with Gasteiger partial charge in [-0.1, -0.05) is 24.3 Å². The highest BCUT2D eigenvalue weighted by Crippen LogP contribution is 2.35. The fourth-order valence-corrected chi connectivity index (χ4v) is 3.96. The molecule has 3 rings (SSSR count). The molecule has 1 aliphatic carbocycles. The van der Waals surface area contributed by atoms with E-state index in [2.05, 4.69) is 10.4 Å². The quantitative estimate of drug-likeness (QED) is 0.863. The molecule has 6 heteroatoms. The number of nitrogens with zero attached hydrogens (tertiary/aromatic N) is 2. The lowest BCUT2D eigenvalue weighted by molar-refractivity contribution is -0.149. The van der Waals surface area contributed by atoms with E-state index in [0.717, 1.165) is 35.4 Å². The van der Waals surface area contributed by atoms with Crippen LogP contribution >= 0.6 is 0 Å². The minimum absolute atomic E-state index is 0.241. The first kappa shape index (κ1) is 18.2. The summed E-state index contributed by atoms with van der Waals surface area (Å²) in [5.41, 5.74) is 3.38. The second kappa shape index (κ2) is 6.94. The molecule has 2 N–H and O–H groups in total. The Morgan fingerprint density at radius 2 is 2.04 bits per heavy atom. The topological polar surface area (TPSA) is 84.2 Å². The van der Waals surface area contributed by atoms with Crippen LogP contribution in [0.2, 0.25) is 0 Å². The average Bonchev–Trinajstić information content (AvgIpc) is 2.85. The third-order valence-corrected chi connectivity index (χ3v) is 5.45. The zero-order valence-corrected chi connectivity index (χ0v) is 15.5. The maximum Gasteiger partial charge on any atom is 0.334 e. The Balaban J connectivity index is 1.79. The Labute approximate surface area is 153 Å². The van der Waals surface area contributed by atoms with Crippen LogP contribution in [0.3, 0.4) is 0 Å². The van der Waals surface area contributed by atoms with Gasteiger partial charge in [0.15, 0.2) is 5.54 Å². The van der Waals surface area contributed by atoms with Crippen molar-refractivity contribution in [3.8, 4) is 0 Å². The number of hydrogen-bond acceptors (Lipinski definition) is 3. The lowest BCUT2D eigenvalue weighted by atomic mass is 9.76. The van der Waals surface area contributed by atoms with Gasteiger partial charge in [-0.2, -0.15) is 5.10 Å². The molecule has 1 aromatic carbocycles. The van der Waals surface area contributed by atoms with Crippen molar-refractivity contribution in [3.63, 3.8) is 0 Å². The van der Waals surface area contributed by atoms with Crippen LogP contribution in [-0.2, 0) is 35.0 Å². The number of aromatic nitrogens is 2. The van der Waals surface area contributed by atoms with Gasteiger partial charge < -0.3 is 10.4 Å². The molecular weight excluding hydrogens is 330 g/mol. The number of carbonyl (C=O) groups is 2. The molecule has 0 saturated carbocycles. The molecule has 2 aromatic rings. The zero-order valence-electron chi connectivity index (χ0n) is 15.5. The zero-order chi connectivity index (χ0) is 18.9. The van der Waals surface area contributed by atoms with Crippen molar-refractivity contribution in [1.29, 1.82) is 0 Å². The molecule has 0 fully saturated rings. The average molecular weight is 355 g/mol. The molecule has 1 atom stereocenters. The number of aliphatic carboxylic acids is 1. The second-order valence-electron chi connectivity index (χ2n) is 7.04. The molecule has 0 aliphatic heterocycles. The number of carboxylic acid groups (broad SMARTS) is 1. The maximum absolute atomic E-state index is 12.6. The smallest absolute Gasteiger partial charge is 0.334 e. The van der Waals surface area contributed by atoms with Gasteiger partial charge in [-0.15, -0.1) is 0 Å². The van der Waals surface area contributed by atoms with E-state index >= 15 is 0 Å². The molecular formula is C20H25N3O3. The maximum atomic E-state index is 12.6. The van der Waals surface area contributed by atoms with Crippen molar-refractivity contribution in [1.82, 2.24) is 15.1 Å². The van der Waals surface area contributed by atoms with E-state index in [9.17, 15) is 14.7 Å². The highest BCUT2D eigenvalue weighted by Gasteiger charge is 2.44. The van der Waals surface area contributed by atoms with Crippen LogP contribution in [0.5, 0.6) is 0 Å². The van der Waals surface area contributed by atoms with Gasteiger partial charge in [0.25, 0.3) is 0 Å². The normalized spacial score (nSPS) is 19.0. The fraction of sp³-hybridized carbons (Fsp3) is 0.450. The van der Waals surface area contributed by atoms with Crippen LogP contribution in [0.4, 0.5) is 0 Å². The van der Waals surface area contributed by atoms with Gasteiger partial charge in [0.2, 0.25) is 5.91 Å².